The lowest BCUT2D eigenvalue weighted by molar-refractivity contribution is -0.122. The molecule has 0 bridgehead atoms. The number of rotatable bonds is 4. The highest BCUT2D eigenvalue weighted by atomic mass is 32.1. The second kappa shape index (κ2) is 6.64. The molecule has 0 fully saturated rings. The summed E-state index contributed by atoms with van der Waals surface area (Å²) in [5, 5.41) is 11.8. The van der Waals surface area contributed by atoms with Crippen molar-refractivity contribution in [2.45, 2.75) is 13.0 Å². The van der Waals surface area contributed by atoms with E-state index in [1.807, 2.05) is 6.07 Å². The smallest absolute Gasteiger partial charge is 0.266 e. The third kappa shape index (κ3) is 3.50. The van der Waals surface area contributed by atoms with Gasteiger partial charge in [-0.25, -0.2) is 9.37 Å². The first-order valence-electron chi connectivity index (χ1n) is 7.09. The van der Waals surface area contributed by atoms with E-state index in [2.05, 4.69) is 10.3 Å². The molecule has 24 heavy (non-hydrogen) atoms. The molecule has 0 aliphatic rings. The van der Waals surface area contributed by atoms with Gasteiger partial charge in [0.15, 0.2) is 11.2 Å². The van der Waals surface area contributed by atoms with Gasteiger partial charge in [-0.05, 0) is 49.4 Å². The normalized spacial score (nSPS) is 11.7. The number of anilines is 1. The summed E-state index contributed by atoms with van der Waals surface area (Å²) in [5.41, 5.74) is 1.14. The number of carbonyl (C=O) groups excluding carboxylic acids is 1. The molecular weight excluding hydrogens is 329 g/mol. The number of nitrogens with one attached hydrogen (secondary N) is 1. The fourth-order valence-electron chi connectivity index (χ4n) is 2.02. The molecule has 2 aromatic carbocycles. The standard InChI is InChI=1S/C17H12FN3O2S/c1-10(23-13-5-2-11(9-19)3-6-13)16(22)21-17-20-14-7-4-12(18)8-15(14)24-17/h2-8,10H,1H3,(H,20,21,22). The average Bonchev–Trinajstić information content (AvgIpc) is 2.96. The Balaban J connectivity index is 1.67. The van der Waals surface area contributed by atoms with Crippen LogP contribution in [0.2, 0.25) is 0 Å². The summed E-state index contributed by atoms with van der Waals surface area (Å²) in [6.45, 7) is 1.61. The largest absolute Gasteiger partial charge is 0.481 e. The molecule has 1 aromatic heterocycles. The minimum atomic E-state index is -0.748. The van der Waals surface area contributed by atoms with Gasteiger partial charge in [-0.1, -0.05) is 11.3 Å². The molecule has 7 heteroatoms. The zero-order chi connectivity index (χ0) is 17.1. The van der Waals surface area contributed by atoms with E-state index >= 15 is 0 Å². The number of ether oxygens (including phenoxy) is 1. The lowest BCUT2D eigenvalue weighted by atomic mass is 10.2. The van der Waals surface area contributed by atoms with Crippen molar-refractivity contribution in [3.8, 4) is 11.8 Å². The Bertz CT molecular complexity index is 931. The average molecular weight is 341 g/mol. The van der Waals surface area contributed by atoms with Gasteiger partial charge in [-0.15, -0.1) is 0 Å². The first-order chi connectivity index (χ1) is 11.5. The van der Waals surface area contributed by atoms with Crippen LogP contribution in [0.25, 0.3) is 10.2 Å². The maximum absolute atomic E-state index is 13.2. The van der Waals surface area contributed by atoms with Crippen molar-refractivity contribution < 1.29 is 13.9 Å². The highest BCUT2D eigenvalue weighted by Gasteiger charge is 2.17. The molecular formula is C17H12FN3O2S. The van der Waals surface area contributed by atoms with Crippen LogP contribution in [-0.2, 0) is 4.79 Å². The van der Waals surface area contributed by atoms with Crippen molar-refractivity contribution in [3.05, 3.63) is 53.8 Å². The van der Waals surface area contributed by atoms with Gasteiger partial charge >= 0.3 is 0 Å². The highest BCUT2D eigenvalue weighted by molar-refractivity contribution is 7.22. The van der Waals surface area contributed by atoms with Crippen molar-refractivity contribution in [1.82, 2.24) is 4.98 Å². The first-order valence-corrected chi connectivity index (χ1v) is 7.90. The van der Waals surface area contributed by atoms with Gasteiger partial charge in [-0.3, -0.25) is 10.1 Å². The van der Waals surface area contributed by atoms with E-state index in [4.69, 9.17) is 10.00 Å². The molecule has 3 aromatic rings. The minimum absolute atomic E-state index is 0.346. The number of hydrogen-bond acceptors (Lipinski definition) is 5. The molecule has 1 N–H and O–H groups in total. The number of amides is 1. The summed E-state index contributed by atoms with van der Waals surface area (Å²) in [4.78, 5) is 16.4. The van der Waals surface area contributed by atoms with Crippen LogP contribution in [0.1, 0.15) is 12.5 Å². The zero-order valence-electron chi connectivity index (χ0n) is 12.6. The molecule has 1 heterocycles. The monoisotopic (exact) mass is 341 g/mol. The maximum atomic E-state index is 13.2. The number of hydrogen-bond donors (Lipinski definition) is 1. The fraction of sp³-hybridized carbons (Fsp3) is 0.118. The molecule has 0 radical (unpaired) electrons. The molecule has 0 spiro atoms. The Hall–Kier alpha value is -2.98. The van der Waals surface area contributed by atoms with E-state index in [9.17, 15) is 9.18 Å². The van der Waals surface area contributed by atoms with Gasteiger partial charge < -0.3 is 4.74 Å². The summed E-state index contributed by atoms with van der Waals surface area (Å²) in [5.74, 6) is -0.219. The number of fused-ring (bicyclic) bond motifs is 1. The van der Waals surface area contributed by atoms with Gasteiger partial charge in [0.2, 0.25) is 0 Å². The van der Waals surface area contributed by atoms with Gasteiger partial charge in [-0.2, -0.15) is 5.26 Å². The Morgan fingerprint density at radius 1 is 1.33 bits per heavy atom. The summed E-state index contributed by atoms with van der Waals surface area (Å²) in [6, 6.07) is 12.8. The molecule has 0 aliphatic heterocycles. The van der Waals surface area contributed by atoms with Crippen LogP contribution in [0.15, 0.2) is 42.5 Å². The Kier molecular flexibility index (Phi) is 4.40. The van der Waals surface area contributed by atoms with Gasteiger partial charge in [0, 0.05) is 0 Å². The highest BCUT2D eigenvalue weighted by Crippen LogP contribution is 2.26. The molecule has 1 unspecified atom stereocenters. The van der Waals surface area contributed by atoms with Gasteiger partial charge in [0.05, 0.1) is 21.8 Å². The summed E-state index contributed by atoms with van der Waals surface area (Å²) >= 11 is 1.19. The molecule has 5 nitrogen and oxygen atoms in total. The van der Waals surface area contributed by atoms with E-state index < -0.39 is 6.10 Å². The maximum Gasteiger partial charge on any atom is 0.266 e. The number of benzene rings is 2. The second-order valence-electron chi connectivity index (χ2n) is 5.02. The molecule has 3 rings (SSSR count). The van der Waals surface area contributed by atoms with Gasteiger partial charge in [0.1, 0.15) is 11.6 Å². The van der Waals surface area contributed by atoms with Crippen LogP contribution in [0.3, 0.4) is 0 Å². The molecule has 0 aliphatic carbocycles. The molecule has 0 saturated heterocycles. The number of halogens is 1. The van der Waals surface area contributed by atoms with E-state index in [0.29, 0.717) is 26.7 Å². The number of nitriles is 1. The van der Waals surface area contributed by atoms with E-state index in [1.54, 1.807) is 37.3 Å². The van der Waals surface area contributed by atoms with E-state index in [1.165, 1.54) is 23.5 Å². The number of thiazole rings is 1. The third-order valence-electron chi connectivity index (χ3n) is 3.25. The van der Waals surface area contributed by atoms with Crippen molar-refractivity contribution in [3.63, 3.8) is 0 Å². The van der Waals surface area contributed by atoms with E-state index in [0.717, 1.165) is 0 Å². The molecule has 1 atom stereocenters. The summed E-state index contributed by atoms with van der Waals surface area (Å²) < 4.78 is 19.4. The van der Waals surface area contributed by atoms with Crippen LogP contribution >= 0.6 is 11.3 Å². The van der Waals surface area contributed by atoms with Crippen molar-refractivity contribution in [2.75, 3.05) is 5.32 Å². The Morgan fingerprint density at radius 2 is 2.08 bits per heavy atom. The van der Waals surface area contributed by atoms with Crippen molar-refractivity contribution >= 4 is 32.6 Å². The predicted molar refractivity (Wildman–Crippen MR) is 89.5 cm³/mol. The van der Waals surface area contributed by atoms with Crippen molar-refractivity contribution in [1.29, 1.82) is 5.26 Å². The minimum Gasteiger partial charge on any atom is -0.481 e. The molecule has 120 valence electrons. The zero-order valence-corrected chi connectivity index (χ0v) is 13.4. The number of nitrogens with zero attached hydrogens (tertiary/aromatic N) is 2. The third-order valence-corrected chi connectivity index (χ3v) is 4.18. The van der Waals surface area contributed by atoms with Crippen LogP contribution in [0.4, 0.5) is 9.52 Å². The quantitative estimate of drug-likeness (QED) is 0.785. The lowest BCUT2D eigenvalue weighted by Crippen LogP contribution is -2.30. The lowest BCUT2D eigenvalue weighted by Gasteiger charge is -2.13. The predicted octanol–water partition coefficient (Wildman–Crippen LogP) is 3.71. The Labute approximate surface area is 141 Å². The van der Waals surface area contributed by atoms with E-state index in [-0.39, 0.29) is 11.7 Å². The van der Waals surface area contributed by atoms with Crippen LogP contribution in [-0.4, -0.2) is 17.0 Å². The molecule has 1 amide bonds. The number of aromatic nitrogens is 1. The topological polar surface area (TPSA) is 75.0 Å². The SMILES string of the molecule is CC(Oc1ccc(C#N)cc1)C(=O)Nc1nc2ccc(F)cc2s1. The fourth-order valence-corrected chi connectivity index (χ4v) is 2.92. The van der Waals surface area contributed by atoms with Gasteiger partial charge in [0.25, 0.3) is 5.91 Å². The molecule has 0 saturated carbocycles. The van der Waals surface area contributed by atoms with Crippen LogP contribution in [0.5, 0.6) is 5.75 Å². The summed E-state index contributed by atoms with van der Waals surface area (Å²) in [6.07, 6.45) is -0.748. The number of carbonyl (C=O) groups is 1. The van der Waals surface area contributed by atoms with Crippen LogP contribution in [0, 0.1) is 17.1 Å². The Morgan fingerprint density at radius 3 is 2.79 bits per heavy atom. The summed E-state index contributed by atoms with van der Waals surface area (Å²) in [7, 11) is 0. The first kappa shape index (κ1) is 15.9. The second-order valence-corrected chi connectivity index (χ2v) is 6.05. The van der Waals surface area contributed by atoms with Crippen molar-refractivity contribution in [2.24, 2.45) is 0 Å². The van der Waals surface area contributed by atoms with Crippen LogP contribution < -0.4 is 10.1 Å².